The number of methoxy groups -OCH3 is 1. The van der Waals surface area contributed by atoms with Gasteiger partial charge in [0.25, 0.3) is 5.91 Å². The van der Waals surface area contributed by atoms with E-state index in [2.05, 4.69) is 5.32 Å². The number of nitrogens with zero attached hydrogens (tertiary/aromatic N) is 1. The van der Waals surface area contributed by atoms with Crippen LogP contribution in [0.4, 0.5) is 10.1 Å². The summed E-state index contributed by atoms with van der Waals surface area (Å²) in [4.78, 5) is 29.8. The lowest BCUT2D eigenvalue weighted by molar-refractivity contribution is -0.119. The topological polar surface area (TPSA) is 58.6 Å². The summed E-state index contributed by atoms with van der Waals surface area (Å²) in [5.41, 5.74) is 2.49. The lowest BCUT2D eigenvalue weighted by atomic mass is 9.77. The molecule has 5 nitrogen and oxygen atoms in total. The third-order valence-electron chi connectivity index (χ3n) is 7.27. The summed E-state index contributed by atoms with van der Waals surface area (Å²) in [6, 6.07) is 18.5. The average Bonchev–Trinajstić information content (AvgIpc) is 2.91. The molecule has 186 valence electrons. The number of fused-ring (bicyclic) bond motifs is 1. The number of hydrogen-bond donors (Lipinski definition) is 1. The van der Waals surface area contributed by atoms with Gasteiger partial charge in [-0.1, -0.05) is 61.2 Å². The van der Waals surface area contributed by atoms with Crippen LogP contribution in [-0.2, 0) is 4.79 Å². The van der Waals surface area contributed by atoms with Gasteiger partial charge in [0.05, 0.1) is 24.1 Å². The first-order chi connectivity index (χ1) is 17.5. The lowest BCUT2D eigenvalue weighted by Gasteiger charge is -2.46. The predicted molar refractivity (Wildman–Crippen MR) is 138 cm³/mol. The Balaban J connectivity index is 1.63. The number of benzene rings is 3. The number of anilines is 1. The highest BCUT2D eigenvalue weighted by atomic mass is 35.5. The van der Waals surface area contributed by atoms with Gasteiger partial charge < -0.3 is 15.0 Å². The van der Waals surface area contributed by atoms with Gasteiger partial charge in [0.1, 0.15) is 11.6 Å². The fourth-order valence-electron chi connectivity index (χ4n) is 5.54. The number of rotatable bonds is 5. The fraction of sp³-hybridized carbons (Fsp3) is 0.310. The summed E-state index contributed by atoms with van der Waals surface area (Å²) in [7, 11) is 1.60. The molecule has 0 unspecified atom stereocenters. The van der Waals surface area contributed by atoms with Gasteiger partial charge in [0.15, 0.2) is 0 Å². The van der Waals surface area contributed by atoms with E-state index in [1.165, 1.54) is 18.2 Å². The highest BCUT2D eigenvalue weighted by Crippen LogP contribution is 2.46. The van der Waals surface area contributed by atoms with Crippen molar-refractivity contribution in [1.82, 2.24) is 4.90 Å². The van der Waals surface area contributed by atoms with Crippen molar-refractivity contribution in [3.05, 3.63) is 94.3 Å². The zero-order valence-electron chi connectivity index (χ0n) is 20.0. The van der Waals surface area contributed by atoms with Gasteiger partial charge in [0, 0.05) is 17.3 Å². The van der Waals surface area contributed by atoms with Crippen LogP contribution in [-0.4, -0.2) is 29.9 Å². The quantitative estimate of drug-likeness (QED) is 0.417. The zero-order valence-corrected chi connectivity index (χ0v) is 20.8. The largest absolute Gasteiger partial charge is 0.497 e. The third kappa shape index (κ3) is 4.58. The van der Waals surface area contributed by atoms with E-state index in [1.807, 2.05) is 47.4 Å². The predicted octanol–water partition coefficient (Wildman–Crippen LogP) is 6.74. The van der Waals surface area contributed by atoms with E-state index >= 15 is 0 Å². The molecule has 1 N–H and O–H groups in total. The number of carbonyl (C=O) groups excluding carboxylic acids is 2. The van der Waals surface area contributed by atoms with Gasteiger partial charge in [-0.3, -0.25) is 9.59 Å². The molecule has 0 bridgehead atoms. The van der Waals surface area contributed by atoms with Gasteiger partial charge in [-0.15, -0.1) is 0 Å². The van der Waals surface area contributed by atoms with Crippen molar-refractivity contribution in [2.45, 2.75) is 50.1 Å². The summed E-state index contributed by atoms with van der Waals surface area (Å²) >= 11 is 5.97. The van der Waals surface area contributed by atoms with E-state index in [0.29, 0.717) is 22.6 Å². The van der Waals surface area contributed by atoms with E-state index < -0.39 is 17.8 Å². The molecule has 1 saturated carbocycles. The van der Waals surface area contributed by atoms with Crippen LogP contribution in [0.25, 0.3) is 0 Å². The highest BCUT2D eigenvalue weighted by molar-refractivity contribution is 6.31. The highest BCUT2D eigenvalue weighted by Gasteiger charge is 2.46. The van der Waals surface area contributed by atoms with Crippen LogP contribution in [0.15, 0.2) is 66.7 Å². The standard InChI is InChI=1S/C29H28ClFN2O3/c1-36-21-14-11-18(12-15-21)27-26(28(34)32-19-13-16-25(31)24(30)17-19)22-9-5-6-10-23(22)29(35)33(27)20-7-3-2-4-8-20/h5-6,9-17,20,26-27H,2-4,7-8H2,1H3,(H,32,34)/t26-,27+/m0/s1. The van der Waals surface area contributed by atoms with Crippen molar-refractivity contribution >= 4 is 29.1 Å². The minimum absolute atomic E-state index is 0.0438. The Morgan fingerprint density at radius 1 is 1.03 bits per heavy atom. The van der Waals surface area contributed by atoms with Crippen molar-refractivity contribution < 1.29 is 18.7 Å². The second-order valence-electron chi connectivity index (χ2n) is 9.41. The Morgan fingerprint density at radius 2 is 1.75 bits per heavy atom. The van der Waals surface area contributed by atoms with Crippen molar-refractivity contribution in [2.75, 3.05) is 12.4 Å². The van der Waals surface area contributed by atoms with Gasteiger partial charge in [-0.2, -0.15) is 0 Å². The molecule has 2 aliphatic rings. The molecule has 1 aliphatic carbocycles. The van der Waals surface area contributed by atoms with Crippen LogP contribution in [0.3, 0.4) is 0 Å². The first-order valence-corrected chi connectivity index (χ1v) is 12.7. The molecule has 1 fully saturated rings. The minimum atomic E-state index is -0.668. The molecule has 1 aliphatic heterocycles. The Kier molecular flexibility index (Phi) is 6.97. The van der Waals surface area contributed by atoms with E-state index in [9.17, 15) is 14.0 Å². The minimum Gasteiger partial charge on any atom is -0.497 e. The summed E-state index contributed by atoms with van der Waals surface area (Å²) in [6.45, 7) is 0. The summed E-state index contributed by atoms with van der Waals surface area (Å²) in [5, 5.41) is 2.86. The molecule has 0 saturated heterocycles. The van der Waals surface area contributed by atoms with Crippen LogP contribution >= 0.6 is 11.6 Å². The molecule has 2 amide bonds. The number of hydrogen-bond acceptors (Lipinski definition) is 3. The Labute approximate surface area is 215 Å². The molecule has 1 heterocycles. The molecule has 2 atom stereocenters. The number of ether oxygens (including phenoxy) is 1. The second kappa shape index (κ2) is 10.3. The summed E-state index contributed by atoms with van der Waals surface area (Å²) < 4.78 is 19.1. The van der Waals surface area contributed by atoms with Crippen LogP contribution in [0.1, 0.15) is 65.5 Å². The molecule has 36 heavy (non-hydrogen) atoms. The molecule has 3 aromatic rings. The Hall–Kier alpha value is -3.38. The van der Waals surface area contributed by atoms with E-state index in [1.54, 1.807) is 13.2 Å². The van der Waals surface area contributed by atoms with Crippen LogP contribution in [0.2, 0.25) is 5.02 Å². The van der Waals surface area contributed by atoms with Gasteiger partial charge >= 0.3 is 0 Å². The van der Waals surface area contributed by atoms with Crippen molar-refractivity contribution in [2.24, 2.45) is 0 Å². The summed E-state index contributed by atoms with van der Waals surface area (Å²) in [6.07, 6.45) is 5.06. The van der Waals surface area contributed by atoms with Gasteiger partial charge in [-0.25, -0.2) is 4.39 Å². The molecule has 0 spiro atoms. The number of amides is 2. The Bertz CT molecular complexity index is 1270. The van der Waals surface area contributed by atoms with E-state index in [4.69, 9.17) is 16.3 Å². The first-order valence-electron chi connectivity index (χ1n) is 12.3. The number of carbonyl (C=O) groups is 2. The SMILES string of the molecule is COc1ccc([C@@H]2[C@@H](C(=O)Nc3ccc(F)c(Cl)c3)c3ccccc3C(=O)N2C2CCCCC2)cc1. The Morgan fingerprint density at radius 3 is 2.44 bits per heavy atom. The fourth-order valence-corrected chi connectivity index (χ4v) is 5.72. The van der Waals surface area contributed by atoms with E-state index in [-0.39, 0.29) is 22.9 Å². The maximum absolute atomic E-state index is 14.0. The second-order valence-corrected chi connectivity index (χ2v) is 9.81. The third-order valence-corrected chi connectivity index (χ3v) is 7.56. The molecular weight excluding hydrogens is 479 g/mol. The normalized spacial score (nSPS) is 20.1. The number of nitrogens with one attached hydrogen (secondary N) is 1. The smallest absolute Gasteiger partial charge is 0.254 e. The molecular formula is C29H28ClFN2O3. The lowest BCUT2D eigenvalue weighted by Crippen LogP contribution is -2.51. The molecule has 5 rings (SSSR count). The molecule has 0 aromatic heterocycles. The van der Waals surface area contributed by atoms with Gasteiger partial charge in [0.2, 0.25) is 5.91 Å². The van der Waals surface area contributed by atoms with Crippen LogP contribution in [0, 0.1) is 5.82 Å². The molecule has 3 aromatic carbocycles. The summed E-state index contributed by atoms with van der Waals surface area (Å²) in [5.74, 6) is -0.847. The average molecular weight is 507 g/mol. The van der Waals surface area contributed by atoms with Gasteiger partial charge in [-0.05, 0) is 60.4 Å². The number of halogens is 2. The van der Waals surface area contributed by atoms with Crippen molar-refractivity contribution in [3.8, 4) is 5.75 Å². The zero-order chi connectivity index (χ0) is 25.2. The molecule has 0 radical (unpaired) electrons. The first kappa shape index (κ1) is 24.3. The molecule has 7 heteroatoms. The van der Waals surface area contributed by atoms with E-state index in [0.717, 1.165) is 37.7 Å². The van der Waals surface area contributed by atoms with Crippen LogP contribution in [0.5, 0.6) is 5.75 Å². The van der Waals surface area contributed by atoms with Crippen molar-refractivity contribution in [1.29, 1.82) is 0 Å². The van der Waals surface area contributed by atoms with Crippen molar-refractivity contribution in [3.63, 3.8) is 0 Å². The van der Waals surface area contributed by atoms with Crippen LogP contribution < -0.4 is 10.1 Å². The maximum Gasteiger partial charge on any atom is 0.254 e. The maximum atomic E-state index is 14.0. The monoisotopic (exact) mass is 506 g/mol.